The highest BCUT2D eigenvalue weighted by Crippen LogP contribution is 2.20. The summed E-state index contributed by atoms with van der Waals surface area (Å²) in [6, 6.07) is 1.51. The molecule has 0 bridgehead atoms. The van der Waals surface area contributed by atoms with Crippen LogP contribution in [-0.4, -0.2) is 35.6 Å². The Labute approximate surface area is 87.0 Å². The fraction of sp³-hybridized carbons (Fsp3) is 0.444. The number of likely N-dealkylation sites (N-methyl/N-ethyl adjacent to an activating group) is 1. The van der Waals surface area contributed by atoms with E-state index in [4.69, 9.17) is 10.8 Å². The van der Waals surface area contributed by atoms with Gasteiger partial charge in [-0.3, -0.25) is 4.79 Å². The topological polar surface area (TPSA) is 66.6 Å². The minimum Gasteiger partial charge on any atom is -0.397 e. The van der Waals surface area contributed by atoms with Gasteiger partial charge in [-0.05, 0) is 18.4 Å². The number of rotatable bonds is 3. The van der Waals surface area contributed by atoms with E-state index in [0.29, 0.717) is 10.6 Å². The highest BCUT2D eigenvalue weighted by Gasteiger charge is 2.19. The monoisotopic (exact) mass is 214 g/mol. The largest absolute Gasteiger partial charge is 0.397 e. The molecule has 1 heterocycles. The molecule has 14 heavy (non-hydrogen) atoms. The van der Waals surface area contributed by atoms with Gasteiger partial charge in [0, 0.05) is 7.05 Å². The highest BCUT2D eigenvalue weighted by molar-refractivity contribution is 7.12. The Hall–Kier alpha value is -1.07. The van der Waals surface area contributed by atoms with Crippen LogP contribution in [0.15, 0.2) is 11.4 Å². The van der Waals surface area contributed by atoms with Crippen LogP contribution in [0.2, 0.25) is 0 Å². The molecule has 0 radical (unpaired) electrons. The second-order valence-electron chi connectivity index (χ2n) is 3.15. The number of aliphatic hydroxyl groups is 1. The van der Waals surface area contributed by atoms with Crippen molar-refractivity contribution < 1.29 is 9.90 Å². The van der Waals surface area contributed by atoms with Crippen molar-refractivity contribution in [2.24, 2.45) is 0 Å². The maximum atomic E-state index is 11.8. The van der Waals surface area contributed by atoms with Gasteiger partial charge in [0.25, 0.3) is 5.91 Å². The summed E-state index contributed by atoms with van der Waals surface area (Å²) < 4.78 is 0. The van der Waals surface area contributed by atoms with Crippen LogP contribution < -0.4 is 5.73 Å². The molecular weight excluding hydrogens is 200 g/mol. The van der Waals surface area contributed by atoms with Gasteiger partial charge in [-0.2, -0.15) is 0 Å². The predicted octanol–water partition coefficient (Wildman–Crippen LogP) is 0.783. The number of hydrogen-bond acceptors (Lipinski definition) is 4. The molecule has 1 aromatic rings. The first-order valence-corrected chi connectivity index (χ1v) is 5.17. The number of aliphatic hydroxyl groups excluding tert-OH is 1. The number of carbonyl (C=O) groups is 1. The van der Waals surface area contributed by atoms with Crippen molar-refractivity contribution in [3.8, 4) is 0 Å². The second kappa shape index (κ2) is 4.43. The molecule has 3 N–H and O–H groups in total. The van der Waals surface area contributed by atoms with E-state index in [1.807, 2.05) is 0 Å². The van der Waals surface area contributed by atoms with Crippen LogP contribution in [0, 0.1) is 0 Å². The summed E-state index contributed by atoms with van der Waals surface area (Å²) in [4.78, 5) is 13.8. The zero-order chi connectivity index (χ0) is 10.7. The van der Waals surface area contributed by atoms with E-state index in [1.54, 1.807) is 25.4 Å². The molecule has 1 unspecified atom stereocenters. The molecule has 5 heteroatoms. The maximum Gasteiger partial charge on any atom is 0.266 e. The molecule has 0 saturated carbocycles. The first-order chi connectivity index (χ1) is 6.57. The lowest BCUT2D eigenvalue weighted by molar-refractivity contribution is 0.0688. The van der Waals surface area contributed by atoms with Gasteiger partial charge in [0.1, 0.15) is 4.88 Å². The smallest absolute Gasteiger partial charge is 0.266 e. The first-order valence-electron chi connectivity index (χ1n) is 4.29. The van der Waals surface area contributed by atoms with Gasteiger partial charge in [0.05, 0.1) is 18.3 Å². The SMILES string of the molecule is CC(CO)N(C)C(=O)c1sccc1N. The van der Waals surface area contributed by atoms with Gasteiger partial charge in [0.2, 0.25) is 0 Å². The van der Waals surface area contributed by atoms with E-state index >= 15 is 0 Å². The summed E-state index contributed by atoms with van der Waals surface area (Å²) in [5, 5.41) is 10.7. The third kappa shape index (κ3) is 2.05. The standard InChI is InChI=1S/C9H14N2O2S/c1-6(5-12)11(2)9(13)8-7(10)3-4-14-8/h3-4,6,12H,5,10H2,1-2H3. The molecule has 1 aromatic heterocycles. The fourth-order valence-corrected chi connectivity index (χ4v) is 1.78. The van der Waals surface area contributed by atoms with Gasteiger partial charge < -0.3 is 15.7 Å². The van der Waals surface area contributed by atoms with E-state index in [9.17, 15) is 4.79 Å². The molecule has 0 aromatic carbocycles. The van der Waals surface area contributed by atoms with E-state index in [1.165, 1.54) is 16.2 Å². The average molecular weight is 214 g/mol. The summed E-state index contributed by atoms with van der Waals surface area (Å²) in [6.45, 7) is 1.73. The molecule has 78 valence electrons. The van der Waals surface area contributed by atoms with Crippen LogP contribution in [0.25, 0.3) is 0 Å². The minimum absolute atomic E-state index is 0.0481. The normalized spacial score (nSPS) is 12.5. The van der Waals surface area contributed by atoms with E-state index in [0.717, 1.165) is 0 Å². The van der Waals surface area contributed by atoms with Crippen LogP contribution in [0.5, 0.6) is 0 Å². The zero-order valence-corrected chi connectivity index (χ0v) is 9.04. The molecule has 0 fully saturated rings. The van der Waals surface area contributed by atoms with Crippen molar-refractivity contribution in [1.29, 1.82) is 0 Å². The number of nitrogen functional groups attached to an aromatic ring is 1. The predicted molar refractivity (Wildman–Crippen MR) is 57.4 cm³/mol. The van der Waals surface area contributed by atoms with Crippen molar-refractivity contribution >= 4 is 22.9 Å². The van der Waals surface area contributed by atoms with Crippen LogP contribution in [0.4, 0.5) is 5.69 Å². The Morgan fingerprint density at radius 3 is 2.86 bits per heavy atom. The zero-order valence-electron chi connectivity index (χ0n) is 8.23. The van der Waals surface area contributed by atoms with Gasteiger partial charge in [0.15, 0.2) is 0 Å². The third-order valence-electron chi connectivity index (χ3n) is 2.14. The second-order valence-corrected chi connectivity index (χ2v) is 4.07. The summed E-state index contributed by atoms with van der Waals surface area (Å²) >= 11 is 1.32. The summed E-state index contributed by atoms with van der Waals surface area (Å²) in [6.07, 6.45) is 0. The Balaban J connectivity index is 2.81. The molecule has 0 spiro atoms. The van der Waals surface area contributed by atoms with Gasteiger partial charge in [-0.15, -0.1) is 11.3 Å². The lowest BCUT2D eigenvalue weighted by Crippen LogP contribution is -2.37. The molecule has 0 aliphatic heterocycles. The summed E-state index contributed by atoms with van der Waals surface area (Å²) in [5.74, 6) is -0.140. The molecule has 1 amide bonds. The van der Waals surface area contributed by atoms with Crippen molar-refractivity contribution in [1.82, 2.24) is 4.90 Å². The number of amides is 1. The lowest BCUT2D eigenvalue weighted by Gasteiger charge is -2.22. The maximum absolute atomic E-state index is 11.8. The van der Waals surface area contributed by atoms with E-state index in [2.05, 4.69) is 0 Å². The van der Waals surface area contributed by atoms with Crippen LogP contribution >= 0.6 is 11.3 Å². The quantitative estimate of drug-likeness (QED) is 0.781. The summed E-state index contributed by atoms with van der Waals surface area (Å²) in [7, 11) is 1.66. The van der Waals surface area contributed by atoms with E-state index in [-0.39, 0.29) is 18.6 Å². The van der Waals surface area contributed by atoms with Crippen molar-refractivity contribution in [3.63, 3.8) is 0 Å². The van der Waals surface area contributed by atoms with Crippen molar-refractivity contribution in [3.05, 3.63) is 16.3 Å². The molecule has 4 nitrogen and oxygen atoms in total. The van der Waals surface area contributed by atoms with Crippen molar-refractivity contribution in [2.75, 3.05) is 19.4 Å². The number of anilines is 1. The number of thiophene rings is 1. The van der Waals surface area contributed by atoms with Crippen molar-refractivity contribution in [2.45, 2.75) is 13.0 Å². The lowest BCUT2D eigenvalue weighted by atomic mass is 10.3. The molecule has 1 rings (SSSR count). The summed E-state index contributed by atoms with van der Waals surface area (Å²) in [5.41, 5.74) is 6.12. The van der Waals surface area contributed by atoms with Gasteiger partial charge in [-0.25, -0.2) is 0 Å². The number of nitrogens with two attached hydrogens (primary N) is 1. The van der Waals surface area contributed by atoms with Crippen LogP contribution in [-0.2, 0) is 0 Å². The Morgan fingerprint density at radius 1 is 1.79 bits per heavy atom. The fourth-order valence-electron chi connectivity index (χ4n) is 0.976. The molecule has 0 aliphatic rings. The van der Waals surface area contributed by atoms with Crippen LogP contribution in [0.3, 0.4) is 0 Å². The Kier molecular flexibility index (Phi) is 3.49. The van der Waals surface area contributed by atoms with E-state index < -0.39 is 0 Å². The molecule has 1 atom stereocenters. The van der Waals surface area contributed by atoms with Gasteiger partial charge >= 0.3 is 0 Å². The molecular formula is C9H14N2O2S. The Bertz CT molecular complexity index is 324. The molecule has 0 saturated heterocycles. The first kappa shape index (κ1) is 11.0. The van der Waals surface area contributed by atoms with Crippen LogP contribution in [0.1, 0.15) is 16.6 Å². The van der Waals surface area contributed by atoms with Gasteiger partial charge in [-0.1, -0.05) is 0 Å². The number of hydrogen-bond donors (Lipinski definition) is 2. The number of nitrogens with zero attached hydrogens (tertiary/aromatic N) is 1. The molecule has 0 aliphatic carbocycles. The third-order valence-corrected chi connectivity index (χ3v) is 3.05. The Morgan fingerprint density at radius 2 is 2.43 bits per heavy atom. The number of carbonyl (C=O) groups excluding carboxylic acids is 1. The minimum atomic E-state index is -0.191. The highest BCUT2D eigenvalue weighted by atomic mass is 32.1. The average Bonchev–Trinajstić information content (AvgIpc) is 2.61.